The number of phenolic OH excluding ortho intramolecular Hbond substituents is 1. The molecule has 5 rings (SSSR count). The summed E-state index contributed by atoms with van der Waals surface area (Å²) in [6.07, 6.45) is 3.32. The Balaban J connectivity index is 1.40. The lowest BCUT2D eigenvalue weighted by Gasteiger charge is -2.09. The van der Waals surface area contributed by atoms with Crippen molar-refractivity contribution in [2.75, 3.05) is 5.32 Å². The molecule has 1 aliphatic rings. The van der Waals surface area contributed by atoms with Gasteiger partial charge < -0.3 is 15.7 Å². The molecule has 2 heterocycles. The Bertz CT molecular complexity index is 1470. The Morgan fingerprint density at radius 1 is 1.11 bits per heavy atom. The number of phenols is 1. The smallest absolute Gasteiger partial charge is 0.342 e. The van der Waals surface area contributed by atoms with E-state index in [4.69, 9.17) is 11.6 Å². The molecule has 1 fully saturated rings. The van der Waals surface area contributed by atoms with Crippen LogP contribution in [0.3, 0.4) is 0 Å². The van der Waals surface area contributed by atoms with E-state index >= 15 is 0 Å². The number of nitrogens with one attached hydrogen (secondary N) is 2. The topological polar surface area (TPSA) is 109 Å². The minimum atomic E-state index is -0.499. The summed E-state index contributed by atoms with van der Waals surface area (Å²) in [5.74, 6) is -0.756. The fraction of sp³-hybridized carbons (Fsp3) is 0.154. The molecule has 2 amide bonds. The van der Waals surface area contributed by atoms with Crippen LogP contribution < -0.4 is 10.6 Å². The summed E-state index contributed by atoms with van der Waals surface area (Å²) in [4.78, 5) is 29.5. The molecule has 0 spiro atoms. The minimum absolute atomic E-state index is 0.00841. The van der Waals surface area contributed by atoms with Gasteiger partial charge in [-0.2, -0.15) is 9.78 Å². The van der Waals surface area contributed by atoms with Crippen molar-refractivity contribution in [3.63, 3.8) is 0 Å². The summed E-state index contributed by atoms with van der Waals surface area (Å²) < 4.78 is 15.2. The Morgan fingerprint density at radius 2 is 1.92 bits per heavy atom. The number of benzene rings is 2. The second-order valence-corrected chi connectivity index (χ2v) is 8.78. The number of nitrogens with zero attached hydrogens (tertiary/aromatic N) is 3. The van der Waals surface area contributed by atoms with Gasteiger partial charge in [0.1, 0.15) is 16.7 Å². The average Bonchev–Trinajstić information content (AvgIpc) is 3.63. The Morgan fingerprint density at radius 3 is 2.67 bits per heavy atom. The third-order valence-corrected chi connectivity index (χ3v) is 6.15. The third kappa shape index (κ3) is 4.92. The van der Waals surface area contributed by atoms with Crippen LogP contribution in [-0.2, 0) is 6.54 Å². The molecule has 0 atom stereocenters. The number of halogens is 2. The molecule has 0 aliphatic heterocycles. The first-order valence-corrected chi connectivity index (χ1v) is 11.7. The van der Waals surface area contributed by atoms with Gasteiger partial charge in [-0.05, 0) is 55.3 Å². The van der Waals surface area contributed by atoms with Gasteiger partial charge in [0.25, 0.3) is 5.91 Å². The van der Waals surface area contributed by atoms with Crippen LogP contribution in [0.4, 0.5) is 14.9 Å². The van der Waals surface area contributed by atoms with E-state index in [0.717, 1.165) is 12.8 Å². The average molecular weight is 506 g/mol. The van der Waals surface area contributed by atoms with Crippen molar-refractivity contribution in [1.29, 1.82) is 0 Å². The van der Waals surface area contributed by atoms with Crippen LogP contribution in [-0.4, -0.2) is 31.8 Å². The number of aromatic hydroxyl groups is 1. The van der Waals surface area contributed by atoms with Gasteiger partial charge in [-0.15, -0.1) is 0 Å². The zero-order chi connectivity index (χ0) is 25.2. The summed E-state index contributed by atoms with van der Waals surface area (Å²) in [7, 11) is 0. The zero-order valence-corrected chi connectivity index (χ0v) is 19.7. The highest BCUT2D eigenvalue weighted by Crippen LogP contribution is 2.42. The Hall–Kier alpha value is -4.24. The number of hydrogen-bond acceptors (Lipinski definition) is 5. The van der Waals surface area contributed by atoms with Crippen LogP contribution in [0.5, 0.6) is 5.75 Å². The van der Waals surface area contributed by atoms with Crippen molar-refractivity contribution in [3.8, 4) is 17.0 Å². The fourth-order valence-electron chi connectivity index (χ4n) is 3.82. The molecule has 0 saturated heterocycles. The van der Waals surface area contributed by atoms with Crippen LogP contribution in [0.25, 0.3) is 11.3 Å². The highest BCUT2D eigenvalue weighted by molar-refractivity contribution is 6.33. The first kappa shape index (κ1) is 23.5. The Labute approximate surface area is 210 Å². The van der Waals surface area contributed by atoms with Crippen molar-refractivity contribution >= 4 is 29.2 Å². The number of hydrogen-bond donors (Lipinski definition) is 3. The lowest BCUT2D eigenvalue weighted by molar-refractivity contribution is 0.102. The maximum atomic E-state index is 13.9. The zero-order valence-electron chi connectivity index (χ0n) is 18.9. The van der Waals surface area contributed by atoms with Crippen molar-refractivity contribution in [1.82, 2.24) is 20.1 Å². The van der Waals surface area contributed by atoms with Gasteiger partial charge in [-0.25, -0.2) is 14.2 Å². The van der Waals surface area contributed by atoms with Crippen LogP contribution in [0, 0.1) is 5.82 Å². The maximum Gasteiger partial charge on any atom is 0.342 e. The summed E-state index contributed by atoms with van der Waals surface area (Å²) in [5, 5.41) is 20.5. The number of carbonyl (C=O) groups is 2. The summed E-state index contributed by atoms with van der Waals surface area (Å²) in [5.41, 5.74) is 2.38. The summed E-state index contributed by atoms with van der Waals surface area (Å²) in [6, 6.07) is 15.2. The number of rotatable bonds is 6. The molecule has 3 N–H and O–H groups in total. The first-order chi connectivity index (χ1) is 17.4. The third-order valence-electron chi connectivity index (χ3n) is 5.85. The quantitative estimate of drug-likeness (QED) is 0.242. The number of carbonyl (C=O) groups excluding carboxylic acids is 2. The lowest BCUT2D eigenvalue weighted by Crippen LogP contribution is -2.30. The van der Waals surface area contributed by atoms with Crippen LogP contribution in [0.2, 0.25) is 5.15 Å². The van der Waals surface area contributed by atoms with Gasteiger partial charge in [-0.3, -0.25) is 4.79 Å². The van der Waals surface area contributed by atoms with Gasteiger partial charge in [0, 0.05) is 35.5 Å². The molecule has 1 aliphatic carbocycles. The van der Waals surface area contributed by atoms with E-state index in [0.29, 0.717) is 28.2 Å². The molecule has 2 aromatic carbocycles. The van der Waals surface area contributed by atoms with E-state index in [1.165, 1.54) is 23.0 Å². The standard InChI is InChI=1S/C26H21ClFN5O3/c27-24-18(5-3-11-29-24)25(35)31-17-9-10-23(34)19(12-17)21-13-22(15-7-8-15)33(32-21)26(36)30-14-16-4-1-2-6-20(16)28/h1-6,9-13,15,34H,7-8,14H2,(H,30,36)(H,31,35). The highest BCUT2D eigenvalue weighted by Gasteiger charge is 2.31. The van der Waals surface area contributed by atoms with Crippen molar-refractivity contribution < 1.29 is 19.1 Å². The second-order valence-electron chi connectivity index (χ2n) is 8.42. The fourth-order valence-corrected chi connectivity index (χ4v) is 4.03. The molecule has 1 saturated carbocycles. The normalized spacial score (nSPS) is 12.8. The molecule has 0 unspecified atom stereocenters. The number of anilines is 1. The second kappa shape index (κ2) is 9.79. The van der Waals surface area contributed by atoms with Gasteiger partial charge in [-0.1, -0.05) is 29.8 Å². The van der Waals surface area contributed by atoms with E-state index in [-0.39, 0.29) is 28.9 Å². The number of amides is 2. The molecule has 2 aromatic heterocycles. The lowest BCUT2D eigenvalue weighted by atomic mass is 10.1. The van der Waals surface area contributed by atoms with Gasteiger partial charge >= 0.3 is 6.03 Å². The van der Waals surface area contributed by atoms with Crippen molar-refractivity contribution in [3.05, 3.63) is 94.7 Å². The minimum Gasteiger partial charge on any atom is -0.507 e. The molecule has 0 bridgehead atoms. The largest absolute Gasteiger partial charge is 0.507 e. The van der Waals surface area contributed by atoms with Gasteiger partial charge in [0.15, 0.2) is 0 Å². The summed E-state index contributed by atoms with van der Waals surface area (Å²) >= 11 is 6.01. The van der Waals surface area contributed by atoms with Gasteiger partial charge in [0.2, 0.25) is 0 Å². The molecular formula is C26H21ClFN5O3. The number of aromatic nitrogens is 3. The molecular weight excluding hydrogens is 485 g/mol. The summed E-state index contributed by atoms with van der Waals surface area (Å²) in [6.45, 7) is 0.00841. The van der Waals surface area contributed by atoms with Gasteiger partial charge in [0.05, 0.1) is 17.0 Å². The van der Waals surface area contributed by atoms with Crippen LogP contribution in [0.15, 0.2) is 66.9 Å². The van der Waals surface area contributed by atoms with E-state index in [1.54, 1.807) is 48.5 Å². The molecule has 182 valence electrons. The highest BCUT2D eigenvalue weighted by atomic mass is 35.5. The van der Waals surface area contributed by atoms with Crippen molar-refractivity contribution in [2.24, 2.45) is 0 Å². The molecule has 4 aromatic rings. The van der Waals surface area contributed by atoms with Crippen LogP contribution in [0.1, 0.15) is 40.4 Å². The van der Waals surface area contributed by atoms with Crippen molar-refractivity contribution in [2.45, 2.75) is 25.3 Å². The van der Waals surface area contributed by atoms with E-state index in [2.05, 4.69) is 20.7 Å². The molecule has 36 heavy (non-hydrogen) atoms. The molecule has 0 radical (unpaired) electrons. The van der Waals surface area contributed by atoms with E-state index < -0.39 is 17.8 Å². The number of pyridine rings is 1. The SMILES string of the molecule is O=C(Nc1ccc(O)c(-c2cc(C3CC3)n(C(=O)NCc3ccccc3F)n2)c1)c1cccnc1Cl. The monoisotopic (exact) mass is 505 g/mol. The predicted octanol–water partition coefficient (Wildman–Crippen LogP) is 5.33. The Kier molecular flexibility index (Phi) is 6.39. The molecule has 8 nitrogen and oxygen atoms in total. The molecule has 10 heteroatoms. The van der Waals surface area contributed by atoms with E-state index in [1.807, 2.05) is 0 Å². The maximum absolute atomic E-state index is 13.9. The van der Waals surface area contributed by atoms with Crippen LogP contribution >= 0.6 is 11.6 Å². The van der Waals surface area contributed by atoms with E-state index in [9.17, 15) is 19.1 Å². The first-order valence-electron chi connectivity index (χ1n) is 11.3. The predicted molar refractivity (Wildman–Crippen MR) is 133 cm³/mol.